The van der Waals surface area contributed by atoms with Crippen LogP contribution in [0.15, 0.2) is 36.4 Å². The van der Waals surface area contributed by atoms with Gasteiger partial charge in [-0.1, -0.05) is 12.1 Å². The Labute approximate surface area is 209 Å². The molecule has 198 valence electrons. The summed E-state index contributed by atoms with van der Waals surface area (Å²) in [7, 11) is 1.44. The predicted octanol–water partition coefficient (Wildman–Crippen LogP) is 5.83. The summed E-state index contributed by atoms with van der Waals surface area (Å²) < 4.78 is 88.1. The maximum atomic E-state index is 14.6. The number of nitrogens with zero attached hydrogens (tertiary/aromatic N) is 3. The van der Waals surface area contributed by atoms with Gasteiger partial charge in [0.2, 0.25) is 5.82 Å². The minimum atomic E-state index is -4.72. The van der Waals surface area contributed by atoms with Gasteiger partial charge in [-0.15, -0.1) is 10.2 Å². The molecule has 2 atom stereocenters. The van der Waals surface area contributed by atoms with Crippen LogP contribution in [0.1, 0.15) is 66.4 Å². The first-order valence-corrected chi connectivity index (χ1v) is 11.4. The smallest absolute Gasteiger partial charge is 0.416 e. The van der Waals surface area contributed by atoms with Gasteiger partial charge in [-0.2, -0.15) is 22.0 Å². The fourth-order valence-corrected chi connectivity index (χ4v) is 4.36. The minimum Gasteiger partial charge on any atom is -0.496 e. The van der Waals surface area contributed by atoms with E-state index in [4.69, 9.17) is 14.2 Å². The number of methoxy groups -OCH3 is 1. The fourth-order valence-electron chi connectivity index (χ4n) is 4.36. The molecule has 12 heteroatoms. The van der Waals surface area contributed by atoms with Crippen LogP contribution < -0.4 is 4.74 Å². The molecular formula is C25H24F5N3O4. The quantitative estimate of drug-likeness (QED) is 0.298. The van der Waals surface area contributed by atoms with E-state index in [1.807, 2.05) is 0 Å². The summed E-state index contributed by atoms with van der Waals surface area (Å²) in [6, 6.07) is 7.67. The van der Waals surface area contributed by atoms with Crippen LogP contribution in [0, 0.1) is 6.92 Å². The summed E-state index contributed by atoms with van der Waals surface area (Å²) >= 11 is 0. The van der Waals surface area contributed by atoms with Gasteiger partial charge in [0, 0.05) is 12.5 Å². The molecule has 0 saturated carbocycles. The van der Waals surface area contributed by atoms with E-state index in [0.717, 1.165) is 22.8 Å². The van der Waals surface area contributed by atoms with E-state index < -0.39 is 48.1 Å². The monoisotopic (exact) mass is 525 g/mol. The lowest BCUT2D eigenvalue weighted by Gasteiger charge is -2.25. The van der Waals surface area contributed by atoms with E-state index in [1.165, 1.54) is 7.11 Å². The molecule has 2 heterocycles. The summed E-state index contributed by atoms with van der Waals surface area (Å²) in [4.78, 5) is 12.4. The number of carbonyl (C=O) groups excluding carboxylic acids is 1. The molecule has 7 nitrogen and oxygen atoms in total. The molecule has 37 heavy (non-hydrogen) atoms. The molecule has 0 radical (unpaired) electrons. The first kappa shape index (κ1) is 26.5. The van der Waals surface area contributed by atoms with Crippen LogP contribution in [-0.4, -0.2) is 34.5 Å². The first-order valence-electron chi connectivity index (χ1n) is 11.4. The number of aromatic nitrogens is 3. The van der Waals surface area contributed by atoms with E-state index >= 15 is 0 Å². The molecule has 0 spiro atoms. The van der Waals surface area contributed by atoms with Crippen LogP contribution in [0.3, 0.4) is 0 Å². The van der Waals surface area contributed by atoms with Gasteiger partial charge in [-0.05, 0) is 49.2 Å². The van der Waals surface area contributed by atoms with E-state index in [9.17, 15) is 26.7 Å². The zero-order valence-electron chi connectivity index (χ0n) is 20.4. The number of esters is 1. The summed E-state index contributed by atoms with van der Waals surface area (Å²) in [6.07, 6.45) is -7.61. The largest absolute Gasteiger partial charge is 0.496 e. The first-order chi connectivity index (χ1) is 17.4. The van der Waals surface area contributed by atoms with Crippen LogP contribution in [0.2, 0.25) is 0 Å². The molecule has 2 aromatic carbocycles. The van der Waals surface area contributed by atoms with E-state index in [2.05, 4.69) is 10.2 Å². The molecule has 0 amide bonds. The van der Waals surface area contributed by atoms with Crippen molar-refractivity contribution in [3.8, 4) is 11.4 Å². The third-order valence-corrected chi connectivity index (χ3v) is 6.03. The Morgan fingerprint density at radius 3 is 2.46 bits per heavy atom. The molecule has 0 unspecified atom stereocenters. The summed E-state index contributed by atoms with van der Waals surface area (Å²) in [5.41, 5.74) is -0.0832. The molecule has 0 aliphatic carbocycles. The Morgan fingerprint density at radius 1 is 1.11 bits per heavy atom. The number of alkyl halides is 5. The topological polar surface area (TPSA) is 75.5 Å². The van der Waals surface area contributed by atoms with Crippen LogP contribution in [0.4, 0.5) is 22.0 Å². The lowest BCUT2D eigenvalue weighted by atomic mass is 9.94. The SMILES string of the molecule is CCOC(=O)C[C@H]1O[C@H](c2cccc(OC)c2C)c2cc(C(F)(F)F)ccc2-n2c1nnc2C(C)(F)F. The van der Waals surface area contributed by atoms with Crippen LogP contribution in [0.5, 0.6) is 5.75 Å². The van der Waals surface area contributed by atoms with Gasteiger partial charge in [0.15, 0.2) is 5.82 Å². The molecule has 4 rings (SSSR count). The zero-order valence-corrected chi connectivity index (χ0v) is 20.4. The van der Waals surface area contributed by atoms with E-state index in [-0.39, 0.29) is 23.7 Å². The van der Waals surface area contributed by atoms with Gasteiger partial charge in [-0.25, -0.2) is 0 Å². The predicted molar refractivity (Wildman–Crippen MR) is 121 cm³/mol. The Bertz CT molecular complexity index is 1320. The van der Waals surface area contributed by atoms with Crippen molar-refractivity contribution in [2.45, 2.75) is 51.5 Å². The molecule has 3 aromatic rings. The van der Waals surface area contributed by atoms with Crippen molar-refractivity contribution in [1.29, 1.82) is 0 Å². The van der Waals surface area contributed by atoms with Crippen LogP contribution >= 0.6 is 0 Å². The zero-order chi connectivity index (χ0) is 27.1. The summed E-state index contributed by atoms with van der Waals surface area (Å²) in [6.45, 7) is 3.96. The summed E-state index contributed by atoms with van der Waals surface area (Å²) in [5, 5.41) is 7.50. The van der Waals surface area contributed by atoms with Crippen LogP contribution in [-0.2, 0) is 26.4 Å². The molecule has 0 bridgehead atoms. The van der Waals surface area contributed by atoms with E-state index in [0.29, 0.717) is 23.8 Å². The molecule has 0 saturated heterocycles. The molecule has 0 fully saturated rings. The number of rotatable bonds is 6. The van der Waals surface area contributed by atoms with Gasteiger partial charge in [-0.3, -0.25) is 9.36 Å². The molecule has 1 aliphatic rings. The van der Waals surface area contributed by atoms with Crippen molar-refractivity contribution >= 4 is 5.97 Å². The maximum absolute atomic E-state index is 14.6. The number of hydrogen-bond donors (Lipinski definition) is 0. The molecule has 1 aliphatic heterocycles. The summed E-state index contributed by atoms with van der Waals surface area (Å²) in [5.74, 6) is -4.72. The van der Waals surface area contributed by atoms with E-state index in [1.54, 1.807) is 32.0 Å². The second-order valence-electron chi connectivity index (χ2n) is 8.57. The van der Waals surface area contributed by atoms with Gasteiger partial charge in [0.1, 0.15) is 18.0 Å². The highest BCUT2D eigenvalue weighted by molar-refractivity contribution is 5.70. The molecule has 1 aromatic heterocycles. The van der Waals surface area contributed by atoms with Crippen LogP contribution in [0.25, 0.3) is 5.69 Å². The highest BCUT2D eigenvalue weighted by Crippen LogP contribution is 2.46. The fraction of sp³-hybridized carbons (Fsp3) is 0.400. The lowest BCUT2D eigenvalue weighted by Crippen LogP contribution is -2.19. The lowest BCUT2D eigenvalue weighted by molar-refractivity contribution is -0.147. The minimum absolute atomic E-state index is 0.0249. The Balaban J connectivity index is 2.03. The van der Waals surface area contributed by atoms with Crippen molar-refractivity contribution in [3.63, 3.8) is 0 Å². The van der Waals surface area contributed by atoms with Crippen molar-refractivity contribution in [2.24, 2.45) is 0 Å². The number of halogens is 5. The highest BCUT2D eigenvalue weighted by Gasteiger charge is 2.42. The van der Waals surface area contributed by atoms with Crippen molar-refractivity contribution in [3.05, 3.63) is 70.3 Å². The average molecular weight is 525 g/mol. The van der Waals surface area contributed by atoms with Gasteiger partial charge in [0.25, 0.3) is 0 Å². The molecular weight excluding hydrogens is 501 g/mol. The highest BCUT2D eigenvalue weighted by atomic mass is 19.4. The van der Waals surface area contributed by atoms with Gasteiger partial charge >= 0.3 is 18.1 Å². The Kier molecular flexibility index (Phi) is 6.97. The second-order valence-corrected chi connectivity index (χ2v) is 8.57. The third kappa shape index (κ3) is 5.02. The third-order valence-electron chi connectivity index (χ3n) is 6.03. The van der Waals surface area contributed by atoms with Gasteiger partial charge < -0.3 is 14.2 Å². The maximum Gasteiger partial charge on any atom is 0.416 e. The van der Waals surface area contributed by atoms with Crippen molar-refractivity contribution in [1.82, 2.24) is 14.8 Å². The number of fused-ring (bicyclic) bond motifs is 3. The number of carbonyl (C=O) groups is 1. The number of hydrogen-bond acceptors (Lipinski definition) is 6. The number of benzene rings is 2. The Morgan fingerprint density at radius 2 is 1.84 bits per heavy atom. The number of ether oxygens (including phenoxy) is 3. The van der Waals surface area contributed by atoms with Crippen molar-refractivity contribution in [2.75, 3.05) is 13.7 Å². The second kappa shape index (κ2) is 9.73. The Hall–Kier alpha value is -3.54. The normalized spacial score (nSPS) is 17.5. The molecule has 0 N–H and O–H groups in total. The standard InChI is InChI=1S/C25H24F5N3O4/c1-5-36-20(34)12-19-22-31-32-23(24(3,26)27)33(22)17-10-9-14(25(28,29)30)11-16(17)21(37-19)15-7-6-8-18(35-4)13(15)2/h6-11,19,21H,5,12H2,1-4H3/t19-,21-/m1/s1. The van der Waals surface area contributed by atoms with Crippen molar-refractivity contribution < 1.29 is 41.0 Å². The average Bonchev–Trinajstić information content (AvgIpc) is 3.22. The van der Waals surface area contributed by atoms with Gasteiger partial charge in [0.05, 0.1) is 31.4 Å².